The van der Waals surface area contributed by atoms with Crippen LogP contribution in [0, 0.1) is 5.92 Å². The first kappa shape index (κ1) is 27.5. The number of methoxy groups -OCH3 is 3. The number of ether oxygens (including phenoxy) is 3. The largest absolute Gasteiger partial charge is 0.497 e. The van der Waals surface area contributed by atoms with Crippen LogP contribution >= 0.6 is 0 Å². The van der Waals surface area contributed by atoms with Crippen LogP contribution in [0.1, 0.15) is 43.4 Å². The van der Waals surface area contributed by atoms with E-state index in [1.165, 1.54) is 21.3 Å². The third kappa shape index (κ3) is 3.80. The average molecular weight is 587 g/mol. The zero-order valence-electron chi connectivity index (χ0n) is 24.4. The van der Waals surface area contributed by atoms with E-state index in [0.29, 0.717) is 39.6 Å². The number of hydrogen-bond donors (Lipinski definition) is 1. The summed E-state index contributed by atoms with van der Waals surface area (Å²) in [6.45, 7) is 0. The highest BCUT2D eigenvalue weighted by molar-refractivity contribution is 6.16. The van der Waals surface area contributed by atoms with Crippen LogP contribution in [0.15, 0.2) is 97.2 Å². The van der Waals surface area contributed by atoms with Crippen LogP contribution in [0.2, 0.25) is 0 Å². The normalized spacial score (nSPS) is 22.6. The van der Waals surface area contributed by atoms with Gasteiger partial charge in [0.1, 0.15) is 17.2 Å². The van der Waals surface area contributed by atoms with Crippen LogP contribution in [0.5, 0.6) is 17.2 Å². The van der Waals surface area contributed by atoms with Crippen molar-refractivity contribution >= 4 is 29.2 Å². The highest BCUT2D eigenvalue weighted by atomic mass is 16.5. The van der Waals surface area contributed by atoms with E-state index in [4.69, 9.17) is 14.2 Å². The van der Waals surface area contributed by atoms with Crippen molar-refractivity contribution in [2.45, 2.75) is 17.5 Å². The minimum absolute atomic E-state index is 0.310. The topological polar surface area (TPSA) is 94.2 Å². The van der Waals surface area contributed by atoms with Crippen molar-refractivity contribution in [2.24, 2.45) is 5.92 Å². The Morgan fingerprint density at radius 2 is 1.52 bits per heavy atom. The van der Waals surface area contributed by atoms with Crippen LogP contribution in [0.3, 0.4) is 0 Å². The molecule has 1 saturated heterocycles. The lowest BCUT2D eigenvalue weighted by molar-refractivity contribution is -0.122. The van der Waals surface area contributed by atoms with Gasteiger partial charge in [-0.15, -0.1) is 0 Å². The second kappa shape index (κ2) is 10.4. The van der Waals surface area contributed by atoms with Gasteiger partial charge in [0.2, 0.25) is 5.91 Å². The molecule has 0 aliphatic carbocycles. The van der Waals surface area contributed by atoms with Crippen LogP contribution in [-0.4, -0.2) is 49.7 Å². The molecule has 0 radical (unpaired) electrons. The highest BCUT2D eigenvalue weighted by Gasteiger charge is 2.70. The Kier molecular flexibility index (Phi) is 6.50. The molecular formula is C36H30N2O6. The smallest absolute Gasteiger partial charge is 0.238 e. The first-order valence-electron chi connectivity index (χ1n) is 14.3. The predicted octanol–water partition coefficient (Wildman–Crippen LogP) is 5.69. The van der Waals surface area contributed by atoms with Crippen molar-refractivity contribution < 1.29 is 28.6 Å². The fourth-order valence-corrected chi connectivity index (χ4v) is 7.28. The lowest BCUT2D eigenvalue weighted by atomic mass is 9.62. The van der Waals surface area contributed by atoms with Gasteiger partial charge in [-0.1, -0.05) is 54.6 Å². The number of Topliss-reactive ketones (excluding diaryl/α,β-unsaturated/α-hetero) is 2. The number of hydrogen-bond acceptors (Lipinski definition) is 7. The van der Waals surface area contributed by atoms with Gasteiger partial charge in [-0.3, -0.25) is 14.4 Å². The van der Waals surface area contributed by atoms with Crippen molar-refractivity contribution in [3.63, 3.8) is 0 Å². The zero-order valence-corrected chi connectivity index (χ0v) is 24.4. The number of ketones is 2. The predicted molar refractivity (Wildman–Crippen MR) is 165 cm³/mol. The number of anilines is 1. The molecule has 44 heavy (non-hydrogen) atoms. The maximum atomic E-state index is 15.0. The Labute approximate surface area is 254 Å². The minimum atomic E-state index is -1.42. The number of nitrogens with one attached hydrogen (secondary N) is 1. The molecular weight excluding hydrogens is 556 g/mol. The molecule has 1 amide bonds. The van der Waals surface area contributed by atoms with E-state index in [-0.39, 0.29) is 17.5 Å². The van der Waals surface area contributed by atoms with Gasteiger partial charge >= 0.3 is 0 Å². The fourth-order valence-electron chi connectivity index (χ4n) is 7.28. The van der Waals surface area contributed by atoms with E-state index >= 15 is 0 Å². The van der Waals surface area contributed by atoms with Gasteiger partial charge < -0.3 is 24.4 Å². The summed E-state index contributed by atoms with van der Waals surface area (Å²) in [5, 5.41) is 3.07. The van der Waals surface area contributed by atoms with Gasteiger partial charge in [0.05, 0.1) is 33.3 Å². The Hall–Kier alpha value is -5.37. The number of benzene rings is 4. The molecule has 3 aliphatic rings. The van der Waals surface area contributed by atoms with Gasteiger partial charge in [-0.25, -0.2) is 0 Å². The molecule has 4 aromatic rings. The van der Waals surface area contributed by atoms with E-state index in [1.807, 2.05) is 65.7 Å². The minimum Gasteiger partial charge on any atom is -0.497 e. The van der Waals surface area contributed by atoms with E-state index in [2.05, 4.69) is 5.32 Å². The van der Waals surface area contributed by atoms with Crippen LogP contribution in [0.25, 0.3) is 6.08 Å². The first-order valence-corrected chi connectivity index (χ1v) is 14.3. The van der Waals surface area contributed by atoms with Crippen molar-refractivity contribution in [2.75, 3.05) is 26.6 Å². The molecule has 0 saturated carbocycles. The number of carbonyl (C=O) groups is 3. The molecule has 7 rings (SSSR count). The van der Waals surface area contributed by atoms with Crippen LogP contribution in [0.4, 0.5) is 5.69 Å². The van der Waals surface area contributed by atoms with E-state index in [1.54, 1.807) is 42.5 Å². The number of nitrogens with zero attached hydrogens (tertiary/aromatic N) is 1. The van der Waals surface area contributed by atoms with Crippen molar-refractivity contribution in [1.29, 1.82) is 0 Å². The maximum Gasteiger partial charge on any atom is 0.238 e. The van der Waals surface area contributed by atoms with Crippen molar-refractivity contribution in [3.05, 3.63) is 125 Å². The summed E-state index contributed by atoms with van der Waals surface area (Å²) in [7, 11) is 4.57. The van der Waals surface area contributed by atoms with E-state index in [0.717, 1.165) is 11.1 Å². The number of para-hydroxylation sites is 1. The molecule has 1 N–H and O–H groups in total. The summed E-state index contributed by atoms with van der Waals surface area (Å²) in [4.78, 5) is 46.3. The number of fused-ring (bicyclic) bond motifs is 6. The number of amides is 1. The zero-order chi connectivity index (χ0) is 30.6. The Bertz CT molecular complexity index is 1870. The highest BCUT2D eigenvalue weighted by Crippen LogP contribution is 2.62. The molecule has 8 nitrogen and oxygen atoms in total. The van der Waals surface area contributed by atoms with Gasteiger partial charge in [0.15, 0.2) is 23.1 Å². The average Bonchev–Trinajstić information content (AvgIpc) is 3.55. The van der Waals surface area contributed by atoms with Gasteiger partial charge in [-0.05, 0) is 59.2 Å². The monoisotopic (exact) mass is 586 g/mol. The molecule has 1 spiro atoms. The lowest BCUT2D eigenvalue weighted by Crippen LogP contribution is -2.49. The maximum absolute atomic E-state index is 15.0. The van der Waals surface area contributed by atoms with Crippen LogP contribution in [-0.2, 0) is 10.2 Å². The third-order valence-electron chi connectivity index (χ3n) is 9.14. The molecule has 220 valence electrons. The molecule has 4 atom stereocenters. The van der Waals surface area contributed by atoms with E-state index < -0.39 is 23.4 Å². The summed E-state index contributed by atoms with van der Waals surface area (Å²) in [6.07, 6.45) is 3.79. The molecule has 8 heteroatoms. The van der Waals surface area contributed by atoms with E-state index in [9.17, 15) is 14.4 Å². The Morgan fingerprint density at radius 1 is 0.773 bits per heavy atom. The number of carbonyl (C=O) groups excluding carboxylic acids is 3. The van der Waals surface area contributed by atoms with Crippen molar-refractivity contribution in [3.8, 4) is 17.2 Å². The second-order valence-electron chi connectivity index (χ2n) is 11.1. The SMILES string of the molecule is COc1cccc(C(=O)[C@H]2[C@@H](C(=O)c3ccc(OC)c(OC)c3)N3C=Cc4ccccc4[C@@H]3[C@]23C(=O)Nc2ccccc23)c1. The first-order chi connectivity index (χ1) is 21.4. The third-order valence-corrected chi connectivity index (χ3v) is 9.14. The lowest BCUT2D eigenvalue weighted by Gasteiger charge is -2.38. The Balaban J connectivity index is 1.52. The Morgan fingerprint density at radius 3 is 2.32 bits per heavy atom. The van der Waals surface area contributed by atoms with Gasteiger partial charge in [0.25, 0.3) is 0 Å². The molecule has 1 fully saturated rings. The summed E-state index contributed by atoms with van der Waals surface area (Å²) < 4.78 is 16.4. The molecule has 0 unspecified atom stereocenters. The molecule has 3 aliphatic heterocycles. The second-order valence-corrected chi connectivity index (χ2v) is 11.1. The molecule has 4 aromatic carbocycles. The fraction of sp³-hybridized carbons (Fsp3) is 0.194. The van der Waals surface area contributed by atoms with Gasteiger partial charge in [0, 0.05) is 23.0 Å². The molecule has 0 bridgehead atoms. The summed E-state index contributed by atoms with van der Waals surface area (Å²) in [5.41, 5.74) is 2.39. The molecule has 0 aromatic heterocycles. The quantitative estimate of drug-likeness (QED) is 0.278. The molecule has 3 heterocycles. The van der Waals surface area contributed by atoms with Gasteiger partial charge in [-0.2, -0.15) is 0 Å². The van der Waals surface area contributed by atoms with Crippen molar-refractivity contribution in [1.82, 2.24) is 4.90 Å². The number of rotatable bonds is 7. The van der Waals surface area contributed by atoms with Crippen LogP contribution < -0.4 is 19.5 Å². The standard InChI is InChI=1S/C36H30N2O6/c1-42-24-11-8-10-22(19-24)32(39)30-31(33(40)23-15-16-28(43-2)29(20-23)44-3)38-18-17-21-9-4-5-12-25(21)34(38)36(30)26-13-6-7-14-27(26)37-35(36)41/h4-20,30-31,34H,1-3H3,(H,37,41)/t30-,31+,34-,36-/m1/s1. The summed E-state index contributed by atoms with van der Waals surface area (Å²) in [5.74, 6) is -0.677. The summed E-state index contributed by atoms with van der Waals surface area (Å²) in [6, 6.07) is 25.4. The summed E-state index contributed by atoms with van der Waals surface area (Å²) >= 11 is 0.